The highest BCUT2D eigenvalue weighted by molar-refractivity contribution is 5.97. The van der Waals surface area contributed by atoms with Crippen molar-refractivity contribution in [1.29, 1.82) is 0 Å². The summed E-state index contributed by atoms with van der Waals surface area (Å²) in [4.78, 5) is 123. The molecule has 0 saturated heterocycles. The molecule has 4 rings (SSSR count). The standard InChI is InChI=1S/C23H28FN3O7.C23H28N2O8/c1-12(2)22(23(33)25-16(10-20(30)31)17(28)11-24)26-19(29)7-13-8-21(32)34-18-9-14(27(3)4)5-6-15(13)18;1-5-17(27)16(10-20(29)30)24-22(31)21(11(2)3)25-19(28)9-15-12(4)14-7-6-13(26)8-18(14)33-23(15)32/h5-6,8-9,12,16,22H,7,10-11H2,1-4H3,(H,25,33)(H,26,29)(H,30,31);6-8,11,16,21,26H,5,9-10H2,1-4H3,(H,24,31)(H,25,28)(H,29,30)/t16?,22-;16?,21-/m00/s1. The molecule has 4 amide bonds. The molecule has 20 nitrogen and oxygen atoms in total. The number of anilines is 1. The van der Waals surface area contributed by atoms with E-state index in [4.69, 9.17) is 19.0 Å². The van der Waals surface area contributed by atoms with Crippen LogP contribution in [0.25, 0.3) is 21.9 Å². The number of halogens is 1. The minimum atomic E-state index is -1.55. The van der Waals surface area contributed by atoms with E-state index in [0.29, 0.717) is 27.5 Å². The van der Waals surface area contributed by atoms with E-state index >= 15 is 0 Å². The molecule has 0 aliphatic carbocycles. The molecule has 0 fully saturated rings. The number of phenols is 1. The maximum Gasteiger partial charge on any atom is 0.340 e. The highest BCUT2D eigenvalue weighted by Crippen LogP contribution is 2.25. The van der Waals surface area contributed by atoms with Crippen molar-refractivity contribution in [2.45, 2.75) is 97.8 Å². The molecule has 7 N–H and O–H groups in total. The van der Waals surface area contributed by atoms with Crippen LogP contribution in [0.3, 0.4) is 0 Å². The van der Waals surface area contributed by atoms with Gasteiger partial charge in [-0.1, -0.05) is 34.6 Å². The Morgan fingerprint density at radius 2 is 1.19 bits per heavy atom. The number of phenolic OH excluding ortho intramolecular Hbond substituents is 1. The number of carbonyl (C=O) groups is 8. The second kappa shape index (κ2) is 24.2. The second-order valence-electron chi connectivity index (χ2n) is 16.5. The van der Waals surface area contributed by atoms with Gasteiger partial charge in [0.05, 0.1) is 37.3 Å². The van der Waals surface area contributed by atoms with Gasteiger partial charge in [-0.05, 0) is 54.2 Å². The van der Waals surface area contributed by atoms with Crippen LogP contribution in [0.1, 0.15) is 70.6 Å². The maximum absolute atomic E-state index is 12.8. The first-order chi connectivity index (χ1) is 31.4. The summed E-state index contributed by atoms with van der Waals surface area (Å²) >= 11 is 0. The van der Waals surface area contributed by atoms with Crippen molar-refractivity contribution in [2.24, 2.45) is 11.8 Å². The van der Waals surface area contributed by atoms with Gasteiger partial charge in [0.15, 0.2) is 11.6 Å². The Morgan fingerprint density at radius 1 is 0.687 bits per heavy atom. The molecule has 67 heavy (non-hydrogen) atoms. The maximum atomic E-state index is 12.8. The molecule has 0 saturated carbocycles. The fourth-order valence-electron chi connectivity index (χ4n) is 6.79. The number of rotatable bonds is 21. The van der Waals surface area contributed by atoms with E-state index in [1.54, 1.807) is 65.8 Å². The number of Topliss-reactive ketones (excluding diaryl/α,β-unsaturated/α-hetero) is 2. The number of carboxylic acids is 2. The van der Waals surface area contributed by atoms with Gasteiger partial charge in [0.2, 0.25) is 23.6 Å². The van der Waals surface area contributed by atoms with E-state index in [1.165, 1.54) is 18.2 Å². The monoisotopic (exact) mass is 937 g/mol. The Kier molecular flexibility index (Phi) is 19.4. The second-order valence-corrected chi connectivity index (χ2v) is 16.5. The number of aromatic hydroxyl groups is 1. The first-order valence-corrected chi connectivity index (χ1v) is 21.1. The Morgan fingerprint density at radius 3 is 1.69 bits per heavy atom. The van der Waals surface area contributed by atoms with Crippen LogP contribution in [-0.4, -0.2) is 107 Å². The number of alkyl halides is 1. The van der Waals surface area contributed by atoms with Crippen molar-refractivity contribution in [3.63, 3.8) is 0 Å². The van der Waals surface area contributed by atoms with Gasteiger partial charge in [0.25, 0.3) is 0 Å². The number of carbonyl (C=O) groups excluding carboxylic acids is 6. The fraction of sp³-hybridized carbons (Fsp3) is 0.435. The van der Waals surface area contributed by atoms with E-state index < -0.39 is 108 Å². The molecule has 2 aromatic carbocycles. The normalized spacial score (nSPS) is 12.8. The number of nitrogens with zero attached hydrogens (tertiary/aromatic N) is 1. The van der Waals surface area contributed by atoms with Crippen LogP contribution >= 0.6 is 0 Å². The van der Waals surface area contributed by atoms with E-state index in [1.807, 2.05) is 19.0 Å². The Bertz CT molecular complexity index is 2640. The Balaban J connectivity index is 0.000000355. The lowest BCUT2D eigenvalue weighted by Crippen LogP contribution is -2.54. The van der Waals surface area contributed by atoms with Crippen LogP contribution < -0.4 is 37.4 Å². The lowest BCUT2D eigenvalue weighted by molar-refractivity contribution is -0.141. The van der Waals surface area contributed by atoms with Crippen molar-refractivity contribution in [3.05, 3.63) is 80.0 Å². The molecular formula is C46H56FN5O15. The highest BCUT2D eigenvalue weighted by Gasteiger charge is 2.32. The number of aliphatic carboxylic acids is 2. The largest absolute Gasteiger partial charge is 0.508 e. The van der Waals surface area contributed by atoms with Crippen LogP contribution in [0.2, 0.25) is 0 Å². The molecule has 0 aliphatic heterocycles. The molecule has 2 unspecified atom stereocenters. The summed E-state index contributed by atoms with van der Waals surface area (Å²) in [5.74, 6) is -7.72. The summed E-state index contributed by atoms with van der Waals surface area (Å²) in [5.41, 5.74) is 0.940. The third-order valence-corrected chi connectivity index (χ3v) is 10.5. The number of aryl methyl sites for hydroxylation is 1. The van der Waals surface area contributed by atoms with Gasteiger partial charge in [-0.25, -0.2) is 14.0 Å². The van der Waals surface area contributed by atoms with Gasteiger partial charge in [-0.15, -0.1) is 0 Å². The van der Waals surface area contributed by atoms with Crippen molar-refractivity contribution >= 4 is 74.8 Å². The molecule has 4 atom stereocenters. The highest BCUT2D eigenvalue weighted by atomic mass is 19.1. The van der Waals surface area contributed by atoms with Gasteiger partial charge >= 0.3 is 23.2 Å². The van der Waals surface area contributed by atoms with Gasteiger partial charge in [-0.3, -0.25) is 38.4 Å². The van der Waals surface area contributed by atoms with Gasteiger partial charge in [0.1, 0.15) is 41.7 Å². The number of hydrogen-bond donors (Lipinski definition) is 7. The molecule has 21 heteroatoms. The lowest BCUT2D eigenvalue weighted by Gasteiger charge is -2.24. The lowest BCUT2D eigenvalue weighted by atomic mass is 10.00. The van der Waals surface area contributed by atoms with Crippen LogP contribution in [0.4, 0.5) is 10.1 Å². The van der Waals surface area contributed by atoms with Crippen molar-refractivity contribution in [1.82, 2.24) is 21.3 Å². The number of benzene rings is 2. The molecule has 2 heterocycles. The minimum Gasteiger partial charge on any atom is -0.508 e. The minimum absolute atomic E-state index is 0.0473. The molecular weight excluding hydrogens is 882 g/mol. The number of hydrogen-bond acceptors (Lipinski definition) is 14. The van der Waals surface area contributed by atoms with Crippen molar-refractivity contribution < 1.29 is 66.9 Å². The van der Waals surface area contributed by atoms with Crippen molar-refractivity contribution in [3.8, 4) is 5.75 Å². The average molecular weight is 938 g/mol. The summed E-state index contributed by atoms with van der Waals surface area (Å²) in [7, 11) is 3.66. The van der Waals surface area contributed by atoms with Gasteiger partial charge in [-0.2, -0.15) is 0 Å². The zero-order valence-electron chi connectivity index (χ0n) is 38.3. The summed E-state index contributed by atoms with van der Waals surface area (Å²) in [6.45, 7) is 8.42. The van der Waals surface area contributed by atoms with E-state index in [2.05, 4.69) is 21.3 Å². The Labute approximate surface area is 383 Å². The first kappa shape index (κ1) is 53.9. The van der Waals surface area contributed by atoms with E-state index in [9.17, 15) is 57.4 Å². The predicted octanol–water partition coefficient (Wildman–Crippen LogP) is 2.47. The van der Waals surface area contributed by atoms with Crippen molar-refractivity contribution in [2.75, 3.05) is 25.7 Å². The predicted molar refractivity (Wildman–Crippen MR) is 241 cm³/mol. The first-order valence-electron chi connectivity index (χ1n) is 21.1. The van der Waals surface area contributed by atoms with Gasteiger partial charge in [0, 0.05) is 55.2 Å². The van der Waals surface area contributed by atoms with Gasteiger partial charge < -0.3 is 50.3 Å². The zero-order chi connectivity index (χ0) is 50.4. The summed E-state index contributed by atoms with van der Waals surface area (Å²) in [6.07, 6.45) is -1.89. The molecule has 4 aromatic rings. The molecule has 362 valence electrons. The third kappa shape index (κ3) is 15.3. The topological polar surface area (TPSA) is 309 Å². The van der Waals surface area contributed by atoms with Crippen LogP contribution in [-0.2, 0) is 51.2 Å². The average Bonchev–Trinajstić information content (AvgIpc) is 3.24. The number of carboxylic acid groups (broad SMARTS) is 2. The number of nitrogens with one attached hydrogen (secondary N) is 4. The zero-order valence-corrected chi connectivity index (χ0v) is 38.3. The third-order valence-electron chi connectivity index (χ3n) is 10.5. The number of amides is 4. The van der Waals surface area contributed by atoms with E-state index in [-0.39, 0.29) is 42.1 Å². The van der Waals surface area contributed by atoms with E-state index in [0.717, 1.165) is 5.69 Å². The van der Waals surface area contributed by atoms with Crippen LogP contribution in [0.15, 0.2) is 60.9 Å². The quantitative estimate of drug-likeness (QED) is 0.0590. The summed E-state index contributed by atoms with van der Waals surface area (Å²) in [6, 6.07) is 5.78. The van der Waals surface area contributed by atoms with Crippen LogP contribution in [0, 0.1) is 18.8 Å². The number of fused-ring (bicyclic) bond motifs is 2. The Hall–Kier alpha value is -7.45. The fourth-order valence-corrected chi connectivity index (χ4v) is 6.79. The molecule has 0 spiro atoms. The SMILES string of the molecule is CC(C)[C@H](NC(=O)Cc1cc(=O)oc2cc(N(C)C)ccc12)C(=O)NC(CC(=O)O)C(=O)CF.CCC(=O)C(CC(=O)O)NC(=O)[C@@H](NC(=O)Cc1c(C)c2ccc(O)cc2oc1=O)C(C)C. The summed E-state index contributed by atoms with van der Waals surface area (Å²) in [5, 5.41) is 38.4. The molecule has 0 bridgehead atoms. The number of ketones is 2. The molecule has 0 aliphatic rings. The summed E-state index contributed by atoms with van der Waals surface area (Å²) < 4.78 is 23.2. The molecule has 0 radical (unpaired) electrons. The molecule has 2 aromatic heterocycles. The van der Waals surface area contributed by atoms with Crippen LogP contribution in [0.5, 0.6) is 5.75 Å². The smallest absolute Gasteiger partial charge is 0.340 e.